The standard InChI is InChI=1S/C13H27NO3/c1-4-6-11(7-5-2)13(16)14-12(8-9-15)10-17-3/h11-12,15H,4-10H2,1-3H3,(H,14,16). The van der Waals surface area contributed by atoms with Crippen LogP contribution < -0.4 is 5.32 Å². The first-order valence-corrected chi connectivity index (χ1v) is 6.59. The number of carbonyl (C=O) groups is 1. The Morgan fingerprint density at radius 2 is 1.82 bits per heavy atom. The van der Waals surface area contributed by atoms with E-state index in [2.05, 4.69) is 19.2 Å². The van der Waals surface area contributed by atoms with E-state index in [1.54, 1.807) is 7.11 Å². The zero-order valence-electron chi connectivity index (χ0n) is 11.4. The van der Waals surface area contributed by atoms with Crippen molar-refractivity contribution in [3.63, 3.8) is 0 Å². The Morgan fingerprint density at radius 1 is 1.24 bits per heavy atom. The third-order valence-corrected chi connectivity index (χ3v) is 2.84. The second kappa shape index (κ2) is 10.5. The molecule has 0 radical (unpaired) electrons. The van der Waals surface area contributed by atoms with Gasteiger partial charge in [-0.15, -0.1) is 0 Å². The summed E-state index contributed by atoms with van der Waals surface area (Å²) in [7, 11) is 1.60. The quantitative estimate of drug-likeness (QED) is 0.616. The van der Waals surface area contributed by atoms with Crippen molar-refractivity contribution in [1.82, 2.24) is 5.32 Å². The fraction of sp³-hybridized carbons (Fsp3) is 0.923. The topological polar surface area (TPSA) is 58.6 Å². The lowest BCUT2D eigenvalue weighted by Gasteiger charge is -2.21. The average Bonchev–Trinajstić information content (AvgIpc) is 2.29. The minimum Gasteiger partial charge on any atom is -0.396 e. The van der Waals surface area contributed by atoms with Gasteiger partial charge in [-0.2, -0.15) is 0 Å². The Bertz CT molecular complexity index is 185. The van der Waals surface area contributed by atoms with Gasteiger partial charge < -0.3 is 15.2 Å². The predicted molar refractivity (Wildman–Crippen MR) is 68.8 cm³/mol. The first-order valence-electron chi connectivity index (χ1n) is 6.59. The first kappa shape index (κ1) is 16.4. The van der Waals surface area contributed by atoms with Gasteiger partial charge in [-0.3, -0.25) is 4.79 Å². The van der Waals surface area contributed by atoms with E-state index in [1.807, 2.05) is 0 Å². The summed E-state index contributed by atoms with van der Waals surface area (Å²) >= 11 is 0. The van der Waals surface area contributed by atoms with E-state index in [4.69, 9.17) is 9.84 Å². The van der Waals surface area contributed by atoms with Crippen LogP contribution >= 0.6 is 0 Å². The van der Waals surface area contributed by atoms with Crippen LogP contribution in [0, 0.1) is 5.92 Å². The second-order valence-electron chi connectivity index (χ2n) is 4.45. The normalized spacial score (nSPS) is 12.8. The van der Waals surface area contributed by atoms with Crippen molar-refractivity contribution in [1.29, 1.82) is 0 Å². The number of hydrogen-bond acceptors (Lipinski definition) is 3. The van der Waals surface area contributed by atoms with Crippen LogP contribution in [0.15, 0.2) is 0 Å². The molecule has 0 rings (SSSR count). The molecule has 0 spiro atoms. The Balaban J connectivity index is 4.22. The van der Waals surface area contributed by atoms with Crippen molar-refractivity contribution < 1.29 is 14.6 Å². The zero-order chi connectivity index (χ0) is 13.1. The van der Waals surface area contributed by atoms with Crippen LogP contribution in [0.4, 0.5) is 0 Å². The summed E-state index contributed by atoms with van der Waals surface area (Å²) in [5.74, 6) is 0.201. The van der Waals surface area contributed by atoms with Crippen molar-refractivity contribution in [2.24, 2.45) is 5.92 Å². The fourth-order valence-corrected chi connectivity index (χ4v) is 1.98. The van der Waals surface area contributed by atoms with Crippen molar-refractivity contribution in [2.75, 3.05) is 20.3 Å². The SMILES string of the molecule is CCCC(CCC)C(=O)NC(CCO)COC. The molecule has 0 aliphatic heterocycles. The van der Waals surface area contributed by atoms with Gasteiger partial charge in [-0.1, -0.05) is 26.7 Å². The second-order valence-corrected chi connectivity index (χ2v) is 4.45. The summed E-state index contributed by atoms with van der Waals surface area (Å²) in [5, 5.41) is 11.9. The van der Waals surface area contributed by atoms with Crippen LogP contribution in [-0.2, 0) is 9.53 Å². The number of nitrogens with one attached hydrogen (secondary N) is 1. The van der Waals surface area contributed by atoms with Gasteiger partial charge in [0.25, 0.3) is 0 Å². The number of methoxy groups -OCH3 is 1. The molecule has 1 atom stereocenters. The van der Waals surface area contributed by atoms with E-state index < -0.39 is 0 Å². The van der Waals surface area contributed by atoms with Crippen molar-refractivity contribution >= 4 is 5.91 Å². The van der Waals surface area contributed by atoms with Crippen LogP contribution in [0.25, 0.3) is 0 Å². The molecule has 4 nitrogen and oxygen atoms in total. The van der Waals surface area contributed by atoms with Crippen LogP contribution in [0.3, 0.4) is 0 Å². The van der Waals surface area contributed by atoms with Crippen molar-refractivity contribution in [3.8, 4) is 0 Å². The summed E-state index contributed by atoms with van der Waals surface area (Å²) in [6.45, 7) is 4.71. The lowest BCUT2D eigenvalue weighted by molar-refractivity contribution is -0.126. The van der Waals surface area contributed by atoms with Crippen LogP contribution in [0.2, 0.25) is 0 Å². The van der Waals surface area contributed by atoms with E-state index in [1.165, 1.54) is 0 Å². The molecule has 0 aromatic carbocycles. The molecule has 0 saturated heterocycles. The maximum atomic E-state index is 12.0. The highest BCUT2D eigenvalue weighted by Crippen LogP contribution is 2.14. The summed E-state index contributed by atoms with van der Waals surface area (Å²) in [6, 6.07) is -0.0753. The van der Waals surface area contributed by atoms with E-state index in [-0.39, 0.29) is 24.5 Å². The van der Waals surface area contributed by atoms with Crippen LogP contribution in [0.1, 0.15) is 46.0 Å². The minimum absolute atomic E-state index is 0.0700. The zero-order valence-corrected chi connectivity index (χ0v) is 11.4. The molecule has 2 N–H and O–H groups in total. The molecule has 0 saturated carbocycles. The molecule has 0 aliphatic carbocycles. The molecule has 0 aromatic rings. The number of aliphatic hydroxyl groups excluding tert-OH is 1. The predicted octanol–water partition coefficient (Wildman–Crippen LogP) is 1.72. The Kier molecular flexibility index (Phi) is 10.2. The number of aliphatic hydroxyl groups is 1. The van der Waals surface area contributed by atoms with Crippen molar-refractivity contribution in [2.45, 2.75) is 52.0 Å². The largest absolute Gasteiger partial charge is 0.396 e. The number of ether oxygens (including phenoxy) is 1. The van der Waals surface area contributed by atoms with Gasteiger partial charge in [0.2, 0.25) is 5.91 Å². The Hall–Kier alpha value is -0.610. The van der Waals surface area contributed by atoms with E-state index in [0.29, 0.717) is 13.0 Å². The van der Waals surface area contributed by atoms with Crippen LogP contribution in [-0.4, -0.2) is 37.4 Å². The lowest BCUT2D eigenvalue weighted by atomic mass is 9.97. The molecule has 0 bridgehead atoms. The molecule has 4 heteroatoms. The van der Waals surface area contributed by atoms with Gasteiger partial charge in [-0.05, 0) is 19.3 Å². The summed E-state index contributed by atoms with van der Waals surface area (Å²) in [6.07, 6.45) is 4.45. The molecule has 0 aliphatic rings. The Labute approximate surface area is 105 Å². The van der Waals surface area contributed by atoms with E-state index in [0.717, 1.165) is 25.7 Å². The van der Waals surface area contributed by atoms with Gasteiger partial charge in [0, 0.05) is 19.6 Å². The van der Waals surface area contributed by atoms with Gasteiger partial charge in [0.15, 0.2) is 0 Å². The third-order valence-electron chi connectivity index (χ3n) is 2.84. The lowest BCUT2D eigenvalue weighted by Crippen LogP contribution is -2.42. The van der Waals surface area contributed by atoms with Gasteiger partial charge in [-0.25, -0.2) is 0 Å². The number of rotatable bonds is 10. The number of hydrogen-bond donors (Lipinski definition) is 2. The Morgan fingerprint density at radius 3 is 2.24 bits per heavy atom. The van der Waals surface area contributed by atoms with Gasteiger partial charge in [0.1, 0.15) is 0 Å². The molecule has 1 amide bonds. The fourth-order valence-electron chi connectivity index (χ4n) is 1.98. The molecular formula is C13H27NO3. The molecule has 102 valence electrons. The highest BCUT2D eigenvalue weighted by atomic mass is 16.5. The molecule has 1 unspecified atom stereocenters. The van der Waals surface area contributed by atoms with Crippen LogP contribution in [0.5, 0.6) is 0 Å². The highest BCUT2D eigenvalue weighted by molar-refractivity contribution is 5.78. The summed E-state index contributed by atoms with van der Waals surface area (Å²) < 4.78 is 5.03. The molecule has 17 heavy (non-hydrogen) atoms. The third kappa shape index (κ3) is 7.34. The minimum atomic E-state index is -0.0753. The average molecular weight is 245 g/mol. The molecule has 0 heterocycles. The smallest absolute Gasteiger partial charge is 0.223 e. The monoisotopic (exact) mass is 245 g/mol. The van der Waals surface area contributed by atoms with Crippen molar-refractivity contribution in [3.05, 3.63) is 0 Å². The van der Waals surface area contributed by atoms with E-state index >= 15 is 0 Å². The van der Waals surface area contributed by atoms with Gasteiger partial charge in [0.05, 0.1) is 12.6 Å². The van der Waals surface area contributed by atoms with E-state index in [9.17, 15) is 4.79 Å². The first-order chi connectivity index (χ1) is 8.19. The molecular weight excluding hydrogens is 218 g/mol. The summed E-state index contributed by atoms with van der Waals surface area (Å²) in [4.78, 5) is 12.0. The molecule has 0 fully saturated rings. The highest BCUT2D eigenvalue weighted by Gasteiger charge is 2.19. The molecule has 0 aromatic heterocycles. The maximum absolute atomic E-state index is 12.0. The summed E-state index contributed by atoms with van der Waals surface area (Å²) in [5.41, 5.74) is 0. The number of carbonyl (C=O) groups excluding carboxylic acids is 1. The van der Waals surface area contributed by atoms with Gasteiger partial charge >= 0.3 is 0 Å². The maximum Gasteiger partial charge on any atom is 0.223 e. The number of amides is 1.